The van der Waals surface area contributed by atoms with E-state index in [4.69, 9.17) is 4.74 Å². The molecule has 118 valence electrons. The fraction of sp³-hybridized carbons (Fsp3) is 0.250. The van der Waals surface area contributed by atoms with Crippen molar-refractivity contribution in [3.63, 3.8) is 0 Å². The zero-order valence-electron chi connectivity index (χ0n) is 14.0. The summed E-state index contributed by atoms with van der Waals surface area (Å²) in [6.07, 6.45) is 2.86. The van der Waals surface area contributed by atoms with E-state index in [9.17, 15) is 4.79 Å². The van der Waals surface area contributed by atoms with Crippen LogP contribution in [0.25, 0.3) is 16.6 Å². The smallest absolute Gasteiger partial charge is 0.167 e. The number of hydrogen-bond donors (Lipinski definition) is 0. The average molecular weight is 307 g/mol. The number of benzene rings is 1. The summed E-state index contributed by atoms with van der Waals surface area (Å²) >= 11 is 0. The van der Waals surface area contributed by atoms with Gasteiger partial charge in [-0.25, -0.2) is 0 Å². The molecule has 23 heavy (non-hydrogen) atoms. The summed E-state index contributed by atoms with van der Waals surface area (Å²) in [6, 6.07) is 12.3. The number of aromatic nitrogens is 1. The lowest BCUT2D eigenvalue weighted by atomic mass is 9.96. The van der Waals surface area contributed by atoms with Crippen molar-refractivity contribution < 1.29 is 9.53 Å². The molecule has 2 heterocycles. The van der Waals surface area contributed by atoms with Gasteiger partial charge in [0.25, 0.3) is 0 Å². The van der Waals surface area contributed by atoms with Crippen LogP contribution < -0.4 is 4.74 Å². The summed E-state index contributed by atoms with van der Waals surface area (Å²) in [7, 11) is 1.66. The normalized spacial score (nSPS) is 11.2. The van der Waals surface area contributed by atoms with Crippen LogP contribution in [0.3, 0.4) is 0 Å². The van der Waals surface area contributed by atoms with Gasteiger partial charge in [0.15, 0.2) is 6.29 Å². The van der Waals surface area contributed by atoms with Crippen molar-refractivity contribution in [1.29, 1.82) is 0 Å². The van der Waals surface area contributed by atoms with Crippen molar-refractivity contribution in [3.05, 3.63) is 59.4 Å². The highest BCUT2D eigenvalue weighted by molar-refractivity contribution is 5.91. The van der Waals surface area contributed by atoms with E-state index in [0.717, 1.165) is 28.7 Å². The van der Waals surface area contributed by atoms with Gasteiger partial charge in [-0.3, -0.25) is 4.79 Å². The molecule has 0 aliphatic rings. The van der Waals surface area contributed by atoms with Crippen molar-refractivity contribution in [2.24, 2.45) is 0 Å². The van der Waals surface area contributed by atoms with Crippen LogP contribution in [0.2, 0.25) is 0 Å². The minimum atomic E-state index is 0.415. The van der Waals surface area contributed by atoms with Gasteiger partial charge in [0.2, 0.25) is 0 Å². The van der Waals surface area contributed by atoms with Gasteiger partial charge in [-0.1, -0.05) is 19.9 Å². The molecule has 0 atom stereocenters. The highest BCUT2D eigenvalue weighted by atomic mass is 16.5. The lowest BCUT2D eigenvalue weighted by Gasteiger charge is -2.12. The number of rotatable bonds is 4. The maximum atomic E-state index is 11.7. The molecule has 0 saturated carbocycles. The quantitative estimate of drug-likeness (QED) is 0.644. The Bertz CT molecular complexity index is 875. The zero-order chi connectivity index (χ0) is 16.6. The van der Waals surface area contributed by atoms with Crippen LogP contribution in [-0.4, -0.2) is 17.8 Å². The molecule has 3 aromatic rings. The molecule has 0 aliphatic carbocycles. The summed E-state index contributed by atoms with van der Waals surface area (Å²) in [5.74, 6) is 1.20. The molecule has 3 rings (SSSR count). The van der Waals surface area contributed by atoms with E-state index >= 15 is 0 Å². The van der Waals surface area contributed by atoms with Crippen molar-refractivity contribution in [2.75, 3.05) is 7.11 Å². The fourth-order valence-electron chi connectivity index (χ4n) is 2.94. The number of carbonyl (C=O) groups excluding carboxylic acids is 1. The van der Waals surface area contributed by atoms with Gasteiger partial charge in [0.05, 0.1) is 12.8 Å². The van der Waals surface area contributed by atoms with Gasteiger partial charge in [-0.15, -0.1) is 0 Å². The molecule has 0 spiro atoms. The molecule has 2 aromatic heterocycles. The SMILES string of the molecule is COc1ccc(C(C)C)cc1-c1cc2cc(C)ccn2c1C=O. The molecule has 0 bridgehead atoms. The highest BCUT2D eigenvalue weighted by Gasteiger charge is 2.16. The van der Waals surface area contributed by atoms with Crippen molar-refractivity contribution in [1.82, 2.24) is 4.40 Å². The largest absolute Gasteiger partial charge is 0.496 e. The van der Waals surface area contributed by atoms with Crippen LogP contribution in [-0.2, 0) is 0 Å². The van der Waals surface area contributed by atoms with Gasteiger partial charge in [0.1, 0.15) is 5.75 Å². The van der Waals surface area contributed by atoms with Crippen LogP contribution in [0.4, 0.5) is 0 Å². The number of methoxy groups -OCH3 is 1. The Kier molecular flexibility index (Phi) is 3.95. The number of nitrogens with zero attached hydrogens (tertiary/aromatic N) is 1. The first kappa shape index (κ1) is 15.3. The number of pyridine rings is 1. The Morgan fingerprint density at radius 2 is 1.87 bits per heavy atom. The molecule has 0 N–H and O–H groups in total. The predicted octanol–water partition coefficient (Wildman–Crippen LogP) is 4.86. The zero-order valence-corrected chi connectivity index (χ0v) is 14.0. The third kappa shape index (κ3) is 2.63. The first-order chi connectivity index (χ1) is 11.0. The Morgan fingerprint density at radius 3 is 2.52 bits per heavy atom. The second-order valence-electron chi connectivity index (χ2n) is 6.17. The van der Waals surface area contributed by atoms with Crippen LogP contribution in [0.5, 0.6) is 5.75 Å². The second kappa shape index (κ2) is 5.92. The fourth-order valence-corrected chi connectivity index (χ4v) is 2.94. The van der Waals surface area contributed by atoms with E-state index in [2.05, 4.69) is 38.1 Å². The van der Waals surface area contributed by atoms with Gasteiger partial charge >= 0.3 is 0 Å². The monoisotopic (exact) mass is 307 g/mol. The maximum absolute atomic E-state index is 11.7. The molecule has 0 fully saturated rings. The molecule has 3 heteroatoms. The number of aldehydes is 1. The topological polar surface area (TPSA) is 30.7 Å². The van der Waals surface area contributed by atoms with Gasteiger partial charge in [0, 0.05) is 22.8 Å². The number of ether oxygens (including phenoxy) is 1. The molecule has 1 aromatic carbocycles. The summed E-state index contributed by atoms with van der Waals surface area (Å²) < 4.78 is 7.46. The Labute approximate surface area is 136 Å². The number of fused-ring (bicyclic) bond motifs is 1. The predicted molar refractivity (Wildman–Crippen MR) is 93.6 cm³/mol. The molecule has 0 amide bonds. The molecule has 0 aliphatic heterocycles. The Morgan fingerprint density at radius 1 is 1.09 bits per heavy atom. The third-order valence-corrected chi connectivity index (χ3v) is 4.26. The summed E-state index contributed by atoms with van der Waals surface area (Å²) in [6.45, 7) is 6.37. The standard InChI is InChI=1S/C20H21NO2/c1-13(2)15-5-6-20(23-4)18(10-15)17-11-16-9-14(3)7-8-21(16)19(17)12-22/h5-13H,1-4H3. The summed E-state index contributed by atoms with van der Waals surface area (Å²) in [5.41, 5.74) is 5.93. The summed E-state index contributed by atoms with van der Waals surface area (Å²) in [5, 5.41) is 0. The van der Waals surface area contributed by atoms with Gasteiger partial charge < -0.3 is 9.14 Å². The lowest BCUT2D eigenvalue weighted by molar-refractivity contribution is 0.111. The number of aryl methyl sites for hydroxylation is 1. The Balaban J connectivity index is 2.31. The van der Waals surface area contributed by atoms with Crippen molar-refractivity contribution in [2.45, 2.75) is 26.7 Å². The van der Waals surface area contributed by atoms with Crippen molar-refractivity contribution >= 4 is 11.8 Å². The average Bonchev–Trinajstić information content (AvgIpc) is 2.91. The first-order valence-electron chi connectivity index (χ1n) is 7.80. The lowest BCUT2D eigenvalue weighted by Crippen LogP contribution is -1.96. The minimum Gasteiger partial charge on any atom is -0.496 e. The molecule has 0 unspecified atom stereocenters. The van der Waals surface area contributed by atoms with E-state index in [1.54, 1.807) is 7.11 Å². The van der Waals surface area contributed by atoms with Crippen molar-refractivity contribution in [3.8, 4) is 16.9 Å². The molecule has 0 saturated heterocycles. The van der Waals surface area contributed by atoms with E-state index in [-0.39, 0.29) is 0 Å². The van der Waals surface area contributed by atoms with E-state index in [1.165, 1.54) is 11.1 Å². The highest BCUT2D eigenvalue weighted by Crippen LogP contribution is 2.36. The van der Waals surface area contributed by atoms with Crippen LogP contribution in [0, 0.1) is 6.92 Å². The van der Waals surface area contributed by atoms with E-state index in [1.807, 2.05) is 29.7 Å². The van der Waals surface area contributed by atoms with Crippen LogP contribution in [0.1, 0.15) is 41.4 Å². The van der Waals surface area contributed by atoms with Crippen LogP contribution >= 0.6 is 0 Å². The van der Waals surface area contributed by atoms with E-state index < -0.39 is 0 Å². The van der Waals surface area contributed by atoms with Crippen LogP contribution in [0.15, 0.2) is 42.6 Å². The Hall–Kier alpha value is -2.55. The molecule has 3 nitrogen and oxygen atoms in total. The van der Waals surface area contributed by atoms with Gasteiger partial charge in [-0.05, 0) is 54.3 Å². The third-order valence-electron chi connectivity index (χ3n) is 4.26. The summed E-state index contributed by atoms with van der Waals surface area (Å²) in [4.78, 5) is 11.7. The number of hydrogen-bond acceptors (Lipinski definition) is 2. The molecular weight excluding hydrogens is 286 g/mol. The second-order valence-corrected chi connectivity index (χ2v) is 6.17. The first-order valence-corrected chi connectivity index (χ1v) is 7.80. The number of carbonyl (C=O) groups is 1. The van der Waals surface area contributed by atoms with Gasteiger partial charge in [-0.2, -0.15) is 0 Å². The maximum Gasteiger partial charge on any atom is 0.167 e. The minimum absolute atomic E-state index is 0.415. The molecule has 0 radical (unpaired) electrons. The molecular formula is C20H21NO2. The van der Waals surface area contributed by atoms with E-state index in [0.29, 0.717) is 11.6 Å².